The Balaban J connectivity index is 1.88. The van der Waals surface area contributed by atoms with Crippen molar-refractivity contribution in [2.45, 2.75) is 45.3 Å². The van der Waals surface area contributed by atoms with Gasteiger partial charge in [0.2, 0.25) is 0 Å². The van der Waals surface area contributed by atoms with Gasteiger partial charge >= 0.3 is 6.09 Å². The van der Waals surface area contributed by atoms with Gasteiger partial charge in [0.05, 0.1) is 0 Å². The number of amides is 1. The van der Waals surface area contributed by atoms with E-state index in [1.54, 1.807) is 0 Å². The zero-order valence-electron chi connectivity index (χ0n) is 10.4. The van der Waals surface area contributed by atoms with Crippen LogP contribution in [0.15, 0.2) is 0 Å². The first-order chi connectivity index (χ1) is 7.35. The Morgan fingerprint density at radius 1 is 1.25 bits per heavy atom. The third-order valence-electron chi connectivity index (χ3n) is 3.44. The van der Waals surface area contributed by atoms with Gasteiger partial charge < -0.3 is 15.4 Å². The highest BCUT2D eigenvalue weighted by atomic mass is 16.6. The first-order valence-corrected chi connectivity index (χ1v) is 6.08. The summed E-state index contributed by atoms with van der Waals surface area (Å²) in [5.41, 5.74) is 5.52. The van der Waals surface area contributed by atoms with Crippen LogP contribution < -0.4 is 5.73 Å². The largest absolute Gasteiger partial charge is 0.444 e. The molecule has 2 aliphatic rings. The number of hydrogen-bond acceptors (Lipinski definition) is 3. The number of carbonyl (C=O) groups is 1. The van der Waals surface area contributed by atoms with E-state index in [1.807, 2.05) is 25.7 Å². The third-order valence-corrected chi connectivity index (χ3v) is 3.44. The predicted octanol–water partition coefficient (Wildman–Crippen LogP) is 1.59. The SMILES string of the molecule is CC(C)(C)OC(=O)N1CC2CC(N)C[C@H]2C1. The average molecular weight is 226 g/mol. The Bertz CT molecular complexity index is 271. The fourth-order valence-electron chi connectivity index (χ4n) is 2.82. The summed E-state index contributed by atoms with van der Waals surface area (Å²) in [6.07, 6.45) is 1.95. The number of carbonyl (C=O) groups excluding carboxylic acids is 1. The van der Waals surface area contributed by atoms with Crippen molar-refractivity contribution in [2.24, 2.45) is 17.6 Å². The summed E-state index contributed by atoms with van der Waals surface area (Å²) < 4.78 is 5.37. The molecule has 0 radical (unpaired) electrons. The average Bonchev–Trinajstić information content (AvgIpc) is 2.56. The quantitative estimate of drug-likeness (QED) is 0.682. The number of hydrogen-bond donors (Lipinski definition) is 1. The fourth-order valence-corrected chi connectivity index (χ4v) is 2.82. The van der Waals surface area contributed by atoms with E-state index in [0.29, 0.717) is 17.9 Å². The van der Waals surface area contributed by atoms with E-state index < -0.39 is 5.60 Å². The minimum Gasteiger partial charge on any atom is -0.444 e. The molecule has 1 aliphatic carbocycles. The fraction of sp³-hybridized carbons (Fsp3) is 0.917. The third kappa shape index (κ3) is 2.48. The molecule has 0 bridgehead atoms. The molecule has 2 unspecified atom stereocenters. The van der Waals surface area contributed by atoms with Crippen LogP contribution in [0, 0.1) is 11.8 Å². The minimum atomic E-state index is -0.398. The Kier molecular flexibility index (Phi) is 2.86. The highest BCUT2D eigenvalue weighted by molar-refractivity contribution is 5.68. The molecule has 0 aromatic carbocycles. The number of fused-ring (bicyclic) bond motifs is 1. The molecule has 0 aromatic heterocycles. The van der Waals surface area contributed by atoms with E-state index in [1.165, 1.54) is 0 Å². The Morgan fingerprint density at radius 2 is 1.75 bits per heavy atom. The van der Waals surface area contributed by atoms with Crippen molar-refractivity contribution in [3.05, 3.63) is 0 Å². The molecule has 1 saturated carbocycles. The lowest BCUT2D eigenvalue weighted by Crippen LogP contribution is -2.36. The van der Waals surface area contributed by atoms with Crippen LogP contribution in [-0.2, 0) is 4.74 Å². The molecule has 16 heavy (non-hydrogen) atoms. The second kappa shape index (κ2) is 3.91. The van der Waals surface area contributed by atoms with Crippen molar-refractivity contribution in [2.75, 3.05) is 13.1 Å². The normalized spacial score (nSPS) is 34.0. The Morgan fingerprint density at radius 3 is 2.19 bits per heavy atom. The van der Waals surface area contributed by atoms with Crippen molar-refractivity contribution < 1.29 is 9.53 Å². The standard InChI is InChI=1S/C12H22N2O2/c1-12(2,3)16-11(15)14-6-8-4-10(13)5-9(8)7-14/h8-10H,4-7,13H2,1-3H3/t8-,9?,10?/m0/s1. The molecule has 1 aliphatic heterocycles. The summed E-state index contributed by atoms with van der Waals surface area (Å²) in [6.45, 7) is 7.35. The Labute approximate surface area is 97.1 Å². The zero-order valence-corrected chi connectivity index (χ0v) is 10.4. The van der Waals surface area contributed by atoms with E-state index in [4.69, 9.17) is 10.5 Å². The summed E-state index contributed by atoms with van der Waals surface area (Å²) in [6, 6.07) is 0.343. The molecular weight excluding hydrogens is 204 g/mol. The zero-order chi connectivity index (χ0) is 11.9. The topological polar surface area (TPSA) is 55.6 Å². The maximum Gasteiger partial charge on any atom is 0.410 e. The number of ether oxygens (including phenoxy) is 1. The Hall–Kier alpha value is -0.770. The lowest BCUT2D eigenvalue weighted by atomic mass is 10.0. The van der Waals surface area contributed by atoms with Gasteiger partial charge in [-0.2, -0.15) is 0 Å². The van der Waals surface area contributed by atoms with E-state index in [0.717, 1.165) is 25.9 Å². The van der Waals surface area contributed by atoms with Gasteiger partial charge in [-0.05, 0) is 45.4 Å². The van der Waals surface area contributed by atoms with Crippen LogP contribution in [0.2, 0.25) is 0 Å². The smallest absolute Gasteiger partial charge is 0.410 e. The molecule has 2 rings (SSSR count). The lowest BCUT2D eigenvalue weighted by Gasteiger charge is -2.25. The van der Waals surface area contributed by atoms with Crippen LogP contribution in [0.4, 0.5) is 4.79 Å². The van der Waals surface area contributed by atoms with Gasteiger partial charge in [-0.25, -0.2) is 4.79 Å². The molecule has 4 nitrogen and oxygen atoms in total. The summed E-state index contributed by atoms with van der Waals surface area (Å²) in [5, 5.41) is 0. The van der Waals surface area contributed by atoms with Crippen LogP contribution in [0.1, 0.15) is 33.6 Å². The van der Waals surface area contributed by atoms with Gasteiger partial charge in [-0.1, -0.05) is 0 Å². The van der Waals surface area contributed by atoms with Crippen molar-refractivity contribution >= 4 is 6.09 Å². The first kappa shape index (κ1) is 11.7. The van der Waals surface area contributed by atoms with E-state index in [2.05, 4.69) is 0 Å². The summed E-state index contributed by atoms with van der Waals surface area (Å²) >= 11 is 0. The molecule has 0 aromatic rings. The van der Waals surface area contributed by atoms with Crippen LogP contribution in [-0.4, -0.2) is 35.7 Å². The molecule has 2 N–H and O–H groups in total. The second-order valence-electron chi connectivity index (χ2n) is 6.14. The van der Waals surface area contributed by atoms with E-state index in [9.17, 15) is 4.79 Å². The molecule has 2 fully saturated rings. The van der Waals surface area contributed by atoms with Gasteiger partial charge in [0.15, 0.2) is 0 Å². The van der Waals surface area contributed by atoms with Crippen LogP contribution >= 0.6 is 0 Å². The first-order valence-electron chi connectivity index (χ1n) is 6.08. The molecule has 0 spiro atoms. The highest BCUT2D eigenvalue weighted by Crippen LogP contribution is 2.37. The molecule has 92 valence electrons. The van der Waals surface area contributed by atoms with Gasteiger partial charge in [0, 0.05) is 19.1 Å². The van der Waals surface area contributed by atoms with Crippen LogP contribution in [0.3, 0.4) is 0 Å². The number of likely N-dealkylation sites (tertiary alicyclic amines) is 1. The van der Waals surface area contributed by atoms with Gasteiger partial charge in [-0.15, -0.1) is 0 Å². The second-order valence-corrected chi connectivity index (χ2v) is 6.14. The molecular formula is C12H22N2O2. The maximum absolute atomic E-state index is 11.8. The summed E-state index contributed by atoms with van der Waals surface area (Å²) in [4.78, 5) is 13.7. The van der Waals surface area contributed by atoms with Crippen molar-refractivity contribution in [1.29, 1.82) is 0 Å². The number of nitrogens with zero attached hydrogens (tertiary/aromatic N) is 1. The van der Waals surface area contributed by atoms with Gasteiger partial charge in [0.25, 0.3) is 0 Å². The number of nitrogens with two attached hydrogens (primary N) is 1. The number of rotatable bonds is 0. The van der Waals surface area contributed by atoms with Crippen molar-refractivity contribution in [3.63, 3.8) is 0 Å². The molecule has 3 atom stereocenters. The van der Waals surface area contributed by atoms with Crippen molar-refractivity contribution in [3.8, 4) is 0 Å². The highest BCUT2D eigenvalue weighted by Gasteiger charge is 2.42. The minimum absolute atomic E-state index is 0.171. The molecule has 4 heteroatoms. The summed E-state index contributed by atoms with van der Waals surface area (Å²) in [7, 11) is 0. The molecule has 1 amide bonds. The maximum atomic E-state index is 11.8. The van der Waals surface area contributed by atoms with Gasteiger partial charge in [0.1, 0.15) is 5.60 Å². The van der Waals surface area contributed by atoms with Crippen LogP contribution in [0.25, 0.3) is 0 Å². The lowest BCUT2D eigenvalue weighted by molar-refractivity contribution is 0.0279. The van der Waals surface area contributed by atoms with E-state index >= 15 is 0 Å². The summed E-state index contributed by atoms with van der Waals surface area (Å²) in [5.74, 6) is 1.20. The monoisotopic (exact) mass is 226 g/mol. The molecule has 1 heterocycles. The van der Waals surface area contributed by atoms with E-state index in [-0.39, 0.29) is 6.09 Å². The predicted molar refractivity (Wildman–Crippen MR) is 62.0 cm³/mol. The van der Waals surface area contributed by atoms with Crippen molar-refractivity contribution in [1.82, 2.24) is 4.90 Å². The molecule has 1 saturated heterocycles. The van der Waals surface area contributed by atoms with Gasteiger partial charge in [-0.3, -0.25) is 0 Å². The van der Waals surface area contributed by atoms with Crippen LogP contribution in [0.5, 0.6) is 0 Å².